The molecule has 2 aromatic carbocycles. The zero-order valence-electron chi connectivity index (χ0n) is 15.7. The molecule has 1 N–H and O–H groups in total. The number of hydrogen-bond acceptors (Lipinski definition) is 4. The van der Waals surface area contributed by atoms with Crippen LogP contribution in [0.25, 0.3) is 0 Å². The predicted octanol–water partition coefficient (Wildman–Crippen LogP) is 3.37. The number of anilines is 1. The highest BCUT2D eigenvalue weighted by Crippen LogP contribution is 2.23. The molecule has 8 heteroatoms. The van der Waals surface area contributed by atoms with Crippen molar-refractivity contribution in [3.8, 4) is 0 Å². The molecule has 144 valence electrons. The number of hydrazone groups is 1. The standard InChI is InChI=1S/C19H22BrN3O3S/c1-13-5-6-14(2)18(11-13)23(27(4,25)26)12-19(24)22-21-15(3)16-7-9-17(20)10-8-16/h5-11H,12H2,1-4H3,(H,22,24)/b21-15-. The molecule has 0 atom stereocenters. The quantitative estimate of drug-likeness (QED) is 0.539. The van der Waals surface area contributed by atoms with Gasteiger partial charge in [0.2, 0.25) is 10.0 Å². The molecule has 0 saturated heterocycles. The van der Waals surface area contributed by atoms with Gasteiger partial charge < -0.3 is 0 Å². The molecule has 0 heterocycles. The average Bonchev–Trinajstić information content (AvgIpc) is 2.59. The number of nitrogens with one attached hydrogen (secondary N) is 1. The van der Waals surface area contributed by atoms with Crippen LogP contribution in [0, 0.1) is 13.8 Å². The zero-order chi connectivity index (χ0) is 20.2. The minimum Gasteiger partial charge on any atom is -0.271 e. The molecule has 2 aromatic rings. The summed E-state index contributed by atoms with van der Waals surface area (Å²) in [6.07, 6.45) is 1.08. The molecule has 1 amide bonds. The fourth-order valence-corrected chi connectivity index (χ4v) is 3.61. The molecule has 0 fully saturated rings. The molecular formula is C19H22BrN3O3S. The van der Waals surface area contributed by atoms with Crippen LogP contribution in [0.3, 0.4) is 0 Å². The number of nitrogens with zero attached hydrogens (tertiary/aromatic N) is 2. The summed E-state index contributed by atoms with van der Waals surface area (Å²) in [5.41, 5.74) is 6.08. The van der Waals surface area contributed by atoms with Gasteiger partial charge in [-0.15, -0.1) is 0 Å². The summed E-state index contributed by atoms with van der Waals surface area (Å²) >= 11 is 3.36. The van der Waals surface area contributed by atoms with Crippen LogP contribution in [0.2, 0.25) is 0 Å². The summed E-state index contributed by atoms with van der Waals surface area (Å²) in [6.45, 7) is 5.10. The van der Waals surface area contributed by atoms with Gasteiger partial charge in [0.15, 0.2) is 0 Å². The molecule has 0 aliphatic heterocycles. The molecule has 0 unspecified atom stereocenters. The number of carbonyl (C=O) groups is 1. The molecule has 0 bridgehead atoms. The van der Waals surface area contributed by atoms with Crippen LogP contribution in [0.15, 0.2) is 52.0 Å². The van der Waals surface area contributed by atoms with Gasteiger partial charge in [0.1, 0.15) is 6.54 Å². The molecular weight excluding hydrogens is 430 g/mol. The second-order valence-corrected chi connectivity index (χ2v) is 9.12. The molecule has 0 spiro atoms. The predicted molar refractivity (Wildman–Crippen MR) is 113 cm³/mol. The van der Waals surface area contributed by atoms with E-state index in [1.807, 2.05) is 43.3 Å². The third-order valence-electron chi connectivity index (χ3n) is 3.93. The Bertz CT molecular complexity index is 970. The second-order valence-electron chi connectivity index (χ2n) is 6.30. The Morgan fingerprint density at radius 3 is 2.37 bits per heavy atom. The van der Waals surface area contributed by atoms with Crippen LogP contribution in [0.5, 0.6) is 0 Å². The Kier molecular flexibility index (Phi) is 6.78. The summed E-state index contributed by atoms with van der Waals surface area (Å²) in [5.74, 6) is -0.516. The van der Waals surface area contributed by atoms with Crippen molar-refractivity contribution < 1.29 is 13.2 Å². The van der Waals surface area contributed by atoms with Crippen molar-refractivity contribution in [1.82, 2.24) is 5.43 Å². The van der Waals surface area contributed by atoms with E-state index in [4.69, 9.17) is 0 Å². The number of carbonyl (C=O) groups excluding carboxylic acids is 1. The van der Waals surface area contributed by atoms with Crippen LogP contribution in [0.4, 0.5) is 5.69 Å². The van der Waals surface area contributed by atoms with Crippen molar-refractivity contribution in [2.75, 3.05) is 17.1 Å². The van der Waals surface area contributed by atoms with E-state index in [2.05, 4.69) is 26.5 Å². The minimum atomic E-state index is -3.63. The number of rotatable bonds is 6. The van der Waals surface area contributed by atoms with E-state index in [-0.39, 0.29) is 6.54 Å². The van der Waals surface area contributed by atoms with E-state index in [0.717, 1.165) is 31.7 Å². The van der Waals surface area contributed by atoms with Crippen LogP contribution >= 0.6 is 15.9 Å². The monoisotopic (exact) mass is 451 g/mol. The lowest BCUT2D eigenvalue weighted by molar-refractivity contribution is -0.119. The summed E-state index contributed by atoms with van der Waals surface area (Å²) in [5, 5.41) is 4.07. The van der Waals surface area contributed by atoms with Gasteiger partial charge >= 0.3 is 0 Å². The first-order valence-corrected chi connectivity index (χ1v) is 10.9. The minimum absolute atomic E-state index is 0.347. The molecule has 6 nitrogen and oxygen atoms in total. The lowest BCUT2D eigenvalue weighted by Crippen LogP contribution is -2.39. The number of sulfonamides is 1. The summed E-state index contributed by atoms with van der Waals surface area (Å²) in [4.78, 5) is 12.3. The SMILES string of the molecule is C/C(=N/NC(=O)CN(c1cc(C)ccc1C)S(C)(=O)=O)c1ccc(Br)cc1. The maximum absolute atomic E-state index is 12.3. The highest BCUT2D eigenvalue weighted by molar-refractivity contribution is 9.10. The van der Waals surface area contributed by atoms with E-state index < -0.39 is 15.9 Å². The van der Waals surface area contributed by atoms with Gasteiger partial charge in [0.05, 0.1) is 17.7 Å². The third-order valence-corrected chi connectivity index (χ3v) is 5.59. The third kappa shape index (κ3) is 5.90. The topological polar surface area (TPSA) is 78.8 Å². The van der Waals surface area contributed by atoms with E-state index in [0.29, 0.717) is 11.4 Å². The van der Waals surface area contributed by atoms with Gasteiger partial charge in [-0.2, -0.15) is 5.10 Å². The van der Waals surface area contributed by atoms with E-state index in [1.165, 1.54) is 0 Å². The molecule has 0 aromatic heterocycles. The van der Waals surface area contributed by atoms with Gasteiger partial charge in [-0.05, 0) is 55.7 Å². The smallest absolute Gasteiger partial charge is 0.260 e. The number of hydrogen-bond donors (Lipinski definition) is 1. The van der Waals surface area contributed by atoms with Gasteiger partial charge in [0, 0.05) is 4.47 Å². The van der Waals surface area contributed by atoms with Crippen molar-refractivity contribution in [3.63, 3.8) is 0 Å². The highest BCUT2D eigenvalue weighted by atomic mass is 79.9. The van der Waals surface area contributed by atoms with Crippen LogP contribution in [-0.4, -0.2) is 32.8 Å². The second kappa shape index (κ2) is 8.67. The molecule has 0 saturated carbocycles. The Morgan fingerprint density at radius 1 is 1.15 bits per heavy atom. The lowest BCUT2D eigenvalue weighted by atomic mass is 10.1. The summed E-state index contributed by atoms with van der Waals surface area (Å²) in [6, 6.07) is 13.0. The maximum atomic E-state index is 12.3. The van der Waals surface area contributed by atoms with Crippen LogP contribution in [-0.2, 0) is 14.8 Å². The number of halogens is 1. The van der Waals surface area contributed by atoms with Crippen molar-refractivity contribution >= 4 is 43.3 Å². The van der Waals surface area contributed by atoms with E-state index in [9.17, 15) is 13.2 Å². The Balaban J connectivity index is 2.18. The number of amides is 1. The first kappa shape index (κ1) is 21.1. The molecule has 0 aliphatic rings. The van der Waals surface area contributed by atoms with Crippen LogP contribution < -0.4 is 9.73 Å². The zero-order valence-corrected chi connectivity index (χ0v) is 18.1. The van der Waals surface area contributed by atoms with Gasteiger partial charge in [-0.25, -0.2) is 13.8 Å². The molecule has 0 aliphatic carbocycles. The lowest BCUT2D eigenvalue weighted by Gasteiger charge is -2.23. The maximum Gasteiger partial charge on any atom is 0.260 e. The van der Waals surface area contributed by atoms with Crippen molar-refractivity contribution in [3.05, 3.63) is 63.6 Å². The highest BCUT2D eigenvalue weighted by Gasteiger charge is 2.22. The first-order valence-electron chi connectivity index (χ1n) is 8.22. The Morgan fingerprint density at radius 2 is 1.78 bits per heavy atom. The fraction of sp³-hybridized carbons (Fsp3) is 0.263. The van der Waals surface area contributed by atoms with Crippen molar-refractivity contribution in [2.45, 2.75) is 20.8 Å². The van der Waals surface area contributed by atoms with Gasteiger partial charge in [-0.3, -0.25) is 9.10 Å². The summed E-state index contributed by atoms with van der Waals surface area (Å²) < 4.78 is 26.5. The molecule has 0 radical (unpaired) electrons. The first-order chi connectivity index (χ1) is 12.6. The Labute approximate surface area is 168 Å². The number of aryl methyl sites for hydroxylation is 2. The average molecular weight is 452 g/mol. The largest absolute Gasteiger partial charge is 0.271 e. The number of benzene rings is 2. The van der Waals surface area contributed by atoms with E-state index >= 15 is 0 Å². The normalized spacial score (nSPS) is 12.0. The fourth-order valence-electron chi connectivity index (χ4n) is 2.44. The Hall–Kier alpha value is -2.19. The van der Waals surface area contributed by atoms with Crippen molar-refractivity contribution in [1.29, 1.82) is 0 Å². The molecule has 27 heavy (non-hydrogen) atoms. The summed E-state index contributed by atoms with van der Waals surface area (Å²) in [7, 11) is -3.63. The van der Waals surface area contributed by atoms with Gasteiger partial charge in [0.25, 0.3) is 5.91 Å². The van der Waals surface area contributed by atoms with Crippen molar-refractivity contribution in [2.24, 2.45) is 5.10 Å². The van der Waals surface area contributed by atoms with E-state index in [1.54, 1.807) is 19.9 Å². The van der Waals surface area contributed by atoms with Gasteiger partial charge in [-0.1, -0.05) is 40.2 Å². The molecule has 2 rings (SSSR count). The van der Waals surface area contributed by atoms with Crippen LogP contribution in [0.1, 0.15) is 23.6 Å².